The lowest BCUT2D eigenvalue weighted by atomic mass is 10.0. The van der Waals surface area contributed by atoms with Crippen LogP contribution in [0.25, 0.3) is 0 Å². The van der Waals surface area contributed by atoms with Gasteiger partial charge >= 0.3 is 6.16 Å². The van der Waals surface area contributed by atoms with Gasteiger partial charge in [0.25, 0.3) is 13.5 Å². The summed E-state index contributed by atoms with van der Waals surface area (Å²) in [7, 11) is 1.77. The van der Waals surface area contributed by atoms with Crippen molar-refractivity contribution in [1.82, 2.24) is 0 Å². The maximum Gasteiger partial charge on any atom is 0.513 e. The quantitative estimate of drug-likeness (QED) is 0.0143. The van der Waals surface area contributed by atoms with Gasteiger partial charge in [-0.05, 0) is 61.9 Å². The van der Waals surface area contributed by atoms with Crippen molar-refractivity contribution in [2.75, 3.05) is 52.8 Å². The lowest BCUT2D eigenvalue weighted by Gasteiger charge is -2.27. The summed E-state index contributed by atoms with van der Waals surface area (Å²) in [6, 6.07) is 13.1. The fraction of sp³-hybridized carbons (Fsp3) is 0.659. The molecule has 55 heavy (non-hydrogen) atoms. The van der Waals surface area contributed by atoms with Crippen LogP contribution in [0.4, 0.5) is 16.2 Å². The number of likely N-dealkylation sites (N-methyl/N-ethyl adjacent to an activating group) is 1. The molecule has 13 nitrogen and oxygen atoms in total. The van der Waals surface area contributed by atoms with E-state index in [2.05, 4.69) is 17.4 Å². The zero-order valence-corrected chi connectivity index (χ0v) is 34.4. The molecule has 0 aliphatic carbocycles. The van der Waals surface area contributed by atoms with Crippen LogP contribution in [0.2, 0.25) is 0 Å². The van der Waals surface area contributed by atoms with Gasteiger partial charge in [-0.15, -0.1) is 0 Å². The van der Waals surface area contributed by atoms with Gasteiger partial charge in [-0.3, -0.25) is 19.5 Å². The van der Waals surface area contributed by atoms with E-state index in [4.69, 9.17) is 18.5 Å². The maximum atomic E-state index is 12.3. The summed E-state index contributed by atoms with van der Waals surface area (Å²) in [5, 5.41) is 13.6. The van der Waals surface area contributed by atoms with Crippen LogP contribution in [0.15, 0.2) is 48.5 Å². The summed E-state index contributed by atoms with van der Waals surface area (Å²) in [4.78, 5) is 46.0. The highest BCUT2D eigenvalue weighted by Crippen LogP contribution is 2.38. The van der Waals surface area contributed by atoms with Crippen LogP contribution in [0.3, 0.4) is 0 Å². The highest BCUT2D eigenvalue weighted by Gasteiger charge is 2.13. The Morgan fingerprint density at radius 2 is 1.16 bits per heavy atom. The zero-order chi connectivity index (χ0) is 40.2. The van der Waals surface area contributed by atoms with Crippen molar-refractivity contribution in [2.45, 2.75) is 128 Å². The molecule has 0 saturated heterocycles. The minimum atomic E-state index is -4.18. The number of carbonyl (C=O) groups excluding carboxylic acids is 2. The van der Waals surface area contributed by atoms with E-state index in [1.165, 1.54) is 107 Å². The largest absolute Gasteiger partial charge is 0.756 e. The third-order valence-corrected chi connectivity index (χ3v) is 10.1. The minimum Gasteiger partial charge on any atom is -0.756 e. The number of nitro benzene ring substituents is 1. The van der Waals surface area contributed by atoms with Crippen LogP contribution in [0.1, 0.15) is 128 Å². The highest BCUT2D eigenvalue weighted by atomic mass is 31.2. The third kappa shape index (κ3) is 26.2. The number of unbranched alkanes of at least 4 members (excludes halogenated alkanes) is 16. The third-order valence-electron chi connectivity index (χ3n) is 9.13. The summed E-state index contributed by atoms with van der Waals surface area (Å²) < 4.78 is 32.3. The number of phosphoric acid groups is 1. The molecule has 0 aliphatic heterocycles. The Labute approximate surface area is 328 Å². The summed E-state index contributed by atoms with van der Waals surface area (Å²) in [5.74, 6) is 0.0540. The lowest BCUT2D eigenvalue weighted by molar-refractivity contribution is -0.870. The van der Waals surface area contributed by atoms with Gasteiger partial charge in [-0.1, -0.05) is 102 Å². The number of ether oxygens (including phenoxy) is 2. The summed E-state index contributed by atoms with van der Waals surface area (Å²) in [6.07, 6.45) is 20.9. The molecular weight excluding hydrogens is 725 g/mol. The first kappa shape index (κ1) is 47.8. The number of nitro groups is 1. The molecule has 1 atom stereocenters. The van der Waals surface area contributed by atoms with Gasteiger partial charge in [0, 0.05) is 24.2 Å². The molecule has 0 bridgehead atoms. The summed E-state index contributed by atoms with van der Waals surface area (Å²) in [5.41, 5.74) is 1.93. The van der Waals surface area contributed by atoms with Crippen molar-refractivity contribution < 1.29 is 47.0 Å². The van der Waals surface area contributed by atoms with E-state index in [0.29, 0.717) is 30.3 Å². The van der Waals surface area contributed by atoms with E-state index in [0.717, 1.165) is 37.8 Å². The number of hydrogen-bond donors (Lipinski definition) is 1. The predicted molar refractivity (Wildman–Crippen MR) is 214 cm³/mol. The van der Waals surface area contributed by atoms with E-state index >= 15 is 0 Å². The molecule has 0 radical (unpaired) electrons. The van der Waals surface area contributed by atoms with Crippen LogP contribution in [0, 0.1) is 10.1 Å². The number of aryl methyl sites for hydroxylation is 1. The molecule has 0 aliphatic rings. The number of quaternary nitrogens is 1. The molecule has 0 heterocycles. The number of amides is 1. The molecule has 2 aromatic rings. The first-order valence-corrected chi connectivity index (χ1v) is 21.7. The first-order chi connectivity index (χ1) is 26.3. The molecule has 0 spiro atoms. The molecular formula is C41H66N3O10P. The van der Waals surface area contributed by atoms with Crippen LogP contribution in [-0.2, 0) is 29.6 Å². The Balaban J connectivity index is 1.34. The minimum absolute atomic E-state index is 0.0980. The first-order valence-electron chi connectivity index (χ1n) is 20.2. The van der Waals surface area contributed by atoms with Crippen LogP contribution in [-0.4, -0.2) is 69.0 Å². The molecule has 310 valence electrons. The number of non-ortho nitro benzene ring substituents is 1. The molecule has 14 heteroatoms. The molecule has 0 fully saturated rings. The van der Waals surface area contributed by atoms with Crippen LogP contribution < -0.4 is 14.9 Å². The molecule has 2 aromatic carbocycles. The maximum absolute atomic E-state index is 12.3. The van der Waals surface area contributed by atoms with Crippen molar-refractivity contribution in [3.63, 3.8) is 0 Å². The smallest absolute Gasteiger partial charge is 0.513 e. The molecule has 2 rings (SSSR count). The molecule has 1 amide bonds. The number of nitrogens with zero attached hydrogens (tertiary/aromatic N) is 2. The Kier molecular flexibility index (Phi) is 24.4. The molecule has 0 aromatic heterocycles. The fourth-order valence-electron chi connectivity index (χ4n) is 5.83. The molecule has 0 saturated carbocycles. The number of anilines is 1. The Bertz CT molecular complexity index is 1400. The normalized spacial score (nSPS) is 12.6. The summed E-state index contributed by atoms with van der Waals surface area (Å²) in [6.45, 7) is 1.06. The van der Waals surface area contributed by atoms with Crippen LogP contribution >= 0.6 is 7.82 Å². The van der Waals surface area contributed by atoms with Crippen molar-refractivity contribution >= 4 is 31.3 Å². The highest BCUT2D eigenvalue weighted by molar-refractivity contribution is 7.45. The second-order valence-corrected chi connectivity index (χ2v) is 16.6. The van der Waals surface area contributed by atoms with E-state index in [-0.39, 0.29) is 37.2 Å². The Morgan fingerprint density at radius 1 is 0.673 bits per heavy atom. The Morgan fingerprint density at radius 3 is 1.69 bits per heavy atom. The summed E-state index contributed by atoms with van der Waals surface area (Å²) >= 11 is 0. The van der Waals surface area contributed by atoms with Gasteiger partial charge in [0.15, 0.2) is 0 Å². The molecule has 1 unspecified atom stereocenters. The Hall–Kier alpha value is -3.35. The zero-order valence-electron chi connectivity index (χ0n) is 33.5. The van der Waals surface area contributed by atoms with Crippen molar-refractivity contribution in [3.05, 3.63) is 64.2 Å². The number of phosphoric ester groups is 1. The van der Waals surface area contributed by atoms with E-state index < -0.39 is 18.9 Å². The van der Waals surface area contributed by atoms with E-state index in [1.54, 1.807) is 0 Å². The van der Waals surface area contributed by atoms with Gasteiger partial charge in [-0.25, -0.2) is 4.79 Å². The van der Waals surface area contributed by atoms with Gasteiger partial charge < -0.3 is 33.2 Å². The monoisotopic (exact) mass is 791 g/mol. The van der Waals surface area contributed by atoms with Gasteiger partial charge in [0.2, 0.25) is 5.91 Å². The standard InChI is InChI=1S/C41H66N3O10P/c1-44(2,3)32-35-53-55(49,50)52-34-20-17-15-13-11-9-7-5-4-6-8-10-12-14-16-18-22-36-24-26-37(27-25-36)42-40(45)23-19-21-33-51-41(46)54-39-30-28-38(29-31-39)43(47)48/h24-31H,4-23,32-35H2,1-3H3,(H-,42,45,49,50). The number of rotatable bonds is 32. The van der Waals surface area contributed by atoms with Gasteiger partial charge in [0.05, 0.1) is 39.3 Å². The van der Waals surface area contributed by atoms with Gasteiger partial charge in [0.1, 0.15) is 18.9 Å². The van der Waals surface area contributed by atoms with Crippen molar-refractivity contribution in [3.8, 4) is 5.75 Å². The average molecular weight is 792 g/mol. The fourth-order valence-corrected chi connectivity index (χ4v) is 6.56. The SMILES string of the molecule is C[N+](C)(C)CCOP(=O)([O-])OCCCCCCCCCCCCCCCCCCc1ccc(NC(=O)CCCCOC(=O)Oc2ccc([N+](=O)[O-])cc2)cc1. The molecule has 1 N–H and O–H groups in total. The second kappa shape index (κ2) is 28.1. The number of carbonyl (C=O) groups is 2. The predicted octanol–water partition coefficient (Wildman–Crippen LogP) is 9.91. The van der Waals surface area contributed by atoms with Crippen LogP contribution in [0.5, 0.6) is 5.75 Å². The lowest BCUT2D eigenvalue weighted by Crippen LogP contribution is -2.37. The average Bonchev–Trinajstić information content (AvgIpc) is 3.12. The number of benzene rings is 2. The van der Waals surface area contributed by atoms with Gasteiger partial charge in [-0.2, -0.15) is 0 Å². The van der Waals surface area contributed by atoms with E-state index in [1.807, 2.05) is 33.3 Å². The van der Waals surface area contributed by atoms with E-state index in [9.17, 15) is 29.2 Å². The number of hydrogen-bond acceptors (Lipinski definition) is 10. The second-order valence-electron chi connectivity index (χ2n) is 15.2. The van der Waals surface area contributed by atoms with Crippen molar-refractivity contribution in [2.24, 2.45) is 0 Å². The number of nitrogens with one attached hydrogen (secondary N) is 1. The van der Waals surface area contributed by atoms with Crippen molar-refractivity contribution in [1.29, 1.82) is 0 Å². The topological polar surface area (TPSA) is 166 Å².